The lowest BCUT2D eigenvalue weighted by molar-refractivity contribution is -0.113. The normalized spacial score (nSPS) is 11.1. The smallest absolute Gasteiger partial charge is 0.235 e. The molecule has 0 bridgehead atoms. The fourth-order valence-corrected chi connectivity index (χ4v) is 3.18. The second kappa shape index (κ2) is 8.34. The Balaban J connectivity index is 1.73. The zero-order chi connectivity index (χ0) is 19.4. The molecule has 0 unspecified atom stereocenters. The molecule has 0 aliphatic heterocycles. The first kappa shape index (κ1) is 19.1. The molecular formula is C18H18F2N4O2S. The van der Waals surface area contributed by atoms with Gasteiger partial charge in [0.1, 0.15) is 17.3 Å². The number of para-hydroxylation sites is 1. The third kappa shape index (κ3) is 4.54. The number of aromatic nitrogens is 3. The SMILES string of the molecule is CC(C)Cn1c(SCC(=O)Nc2c(F)cccc2F)nnc1-c1ccco1. The summed E-state index contributed by atoms with van der Waals surface area (Å²) in [6.07, 6.45) is 1.55. The Bertz CT molecular complexity index is 905. The van der Waals surface area contributed by atoms with Gasteiger partial charge in [-0.15, -0.1) is 10.2 Å². The van der Waals surface area contributed by atoms with E-state index in [2.05, 4.69) is 15.5 Å². The number of nitrogens with zero attached hydrogens (tertiary/aromatic N) is 3. The molecule has 0 radical (unpaired) electrons. The van der Waals surface area contributed by atoms with Gasteiger partial charge in [0.05, 0.1) is 12.0 Å². The Labute approximate surface area is 159 Å². The fraction of sp³-hybridized carbons (Fsp3) is 0.278. The lowest BCUT2D eigenvalue weighted by atomic mass is 10.2. The minimum Gasteiger partial charge on any atom is -0.461 e. The summed E-state index contributed by atoms with van der Waals surface area (Å²) in [5, 5.41) is 11.1. The summed E-state index contributed by atoms with van der Waals surface area (Å²) in [5.41, 5.74) is -0.456. The molecule has 1 aromatic carbocycles. The van der Waals surface area contributed by atoms with Crippen molar-refractivity contribution in [3.63, 3.8) is 0 Å². The summed E-state index contributed by atoms with van der Waals surface area (Å²) in [4.78, 5) is 12.1. The van der Waals surface area contributed by atoms with Crippen LogP contribution in [-0.2, 0) is 11.3 Å². The zero-order valence-electron chi connectivity index (χ0n) is 14.8. The number of carbonyl (C=O) groups is 1. The van der Waals surface area contributed by atoms with Crippen molar-refractivity contribution in [1.82, 2.24) is 14.8 Å². The van der Waals surface area contributed by atoms with Crippen molar-refractivity contribution in [2.45, 2.75) is 25.5 Å². The summed E-state index contributed by atoms with van der Waals surface area (Å²) in [6.45, 7) is 4.73. The van der Waals surface area contributed by atoms with Gasteiger partial charge >= 0.3 is 0 Å². The molecule has 0 spiro atoms. The van der Waals surface area contributed by atoms with Gasteiger partial charge in [-0.25, -0.2) is 8.78 Å². The molecule has 0 atom stereocenters. The quantitative estimate of drug-likeness (QED) is 0.610. The first-order valence-corrected chi connectivity index (χ1v) is 9.28. The Hall–Kier alpha value is -2.68. The predicted octanol–water partition coefficient (Wildman–Crippen LogP) is 4.20. The Morgan fingerprint density at radius 2 is 1.96 bits per heavy atom. The largest absolute Gasteiger partial charge is 0.461 e. The van der Waals surface area contributed by atoms with Crippen molar-refractivity contribution < 1.29 is 18.0 Å². The zero-order valence-corrected chi connectivity index (χ0v) is 15.6. The molecule has 0 aliphatic rings. The van der Waals surface area contributed by atoms with E-state index in [-0.39, 0.29) is 5.75 Å². The molecule has 2 aromatic heterocycles. The van der Waals surface area contributed by atoms with E-state index >= 15 is 0 Å². The maximum absolute atomic E-state index is 13.6. The maximum Gasteiger partial charge on any atom is 0.235 e. The number of halogens is 2. The van der Waals surface area contributed by atoms with Gasteiger partial charge in [0.15, 0.2) is 16.7 Å². The third-order valence-electron chi connectivity index (χ3n) is 3.57. The minimum atomic E-state index is -0.823. The lowest BCUT2D eigenvalue weighted by Gasteiger charge is -2.11. The van der Waals surface area contributed by atoms with Gasteiger partial charge in [-0.1, -0.05) is 31.7 Å². The Kier molecular flexibility index (Phi) is 5.90. The highest BCUT2D eigenvalue weighted by molar-refractivity contribution is 7.99. The average Bonchev–Trinajstić information content (AvgIpc) is 3.26. The highest BCUT2D eigenvalue weighted by Gasteiger charge is 2.19. The van der Waals surface area contributed by atoms with Crippen molar-refractivity contribution in [3.8, 4) is 11.6 Å². The van der Waals surface area contributed by atoms with Crippen LogP contribution in [-0.4, -0.2) is 26.4 Å². The van der Waals surface area contributed by atoms with Crippen molar-refractivity contribution in [1.29, 1.82) is 0 Å². The van der Waals surface area contributed by atoms with Crippen LogP contribution < -0.4 is 5.32 Å². The number of carbonyl (C=O) groups excluding carboxylic acids is 1. The highest BCUT2D eigenvalue weighted by atomic mass is 32.2. The Morgan fingerprint density at radius 3 is 2.59 bits per heavy atom. The molecular weight excluding hydrogens is 374 g/mol. The van der Waals surface area contributed by atoms with E-state index in [0.717, 1.165) is 23.9 Å². The van der Waals surface area contributed by atoms with Crippen molar-refractivity contribution in [2.75, 3.05) is 11.1 Å². The van der Waals surface area contributed by atoms with E-state index in [0.29, 0.717) is 29.2 Å². The molecule has 0 fully saturated rings. The van der Waals surface area contributed by atoms with E-state index in [9.17, 15) is 13.6 Å². The van der Waals surface area contributed by atoms with Gasteiger partial charge < -0.3 is 9.73 Å². The van der Waals surface area contributed by atoms with E-state index in [4.69, 9.17) is 4.42 Å². The van der Waals surface area contributed by atoms with Gasteiger partial charge in [-0.3, -0.25) is 9.36 Å². The first-order chi connectivity index (χ1) is 13.0. The van der Waals surface area contributed by atoms with Gasteiger partial charge in [-0.2, -0.15) is 0 Å². The number of benzene rings is 1. The molecule has 0 saturated heterocycles. The molecule has 142 valence electrons. The molecule has 0 aliphatic carbocycles. The number of hydrogen-bond acceptors (Lipinski definition) is 5. The van der Waals surface area contributed by atoms with Crippen LogP contribution in [0.1, 0.15) is 13.8 Å². The summed E-state index contributed by atoms with van der Waals surface area (Å²) >= 11 is 1.14. The van der Waals surface area contributed by atoms with Gasteiger partial charge in [0.25, 0.3) is 0 Å². The molecule has 1 N–H and O–H groups in total. The van der Waals surface area contributed by atoms with Crippen LogP contribution >= 0.6 is 11.8 Å². The van der Waals surface area contributed by atoms with Gasteiger partial charge in [0.2, 0.25) is 5.91 Å². The molecule has 0 saturated carbocycles. The Morgan fingerprint density at radius 1 is 1.22 bits per heavy atom. The van der Waals surface area contributed by atoms with Crippen LogP contribution in [0, 0.1) is 17.6 Å². The maximum atomic E-state index is 13.6. The van der Waals surface area contributed by atoms with Crippen LogP contribution in [0.15, 0.2) is 46.2 Å². The number of rotatable bonds is 7. The molecule has 6 nitrogen and oxygen atoms in total. The molecule has 2 heterocycles. The number of nitrogens with one attached hydrogen (secondary N) is 1. The molecule has 3 aromatic rings. The first-order valence-electron chi connectivity index (χ1n) is 8.29. The van der Waals surface area contributed by atoms with Crippen LogP contribution in [0.3, 0.4) is 0 Å². The van der Waals surface area contributed by atoms with Crippen molar-refractivity contribution >= 4 is 23.4 Å². The number of furan rings is 1. The second-order valence-electron chi connectivity index (χ2n) is 6.22. The molecule has 9 heteroatoms. The van der Waals surface area contributed by atoms with Crippen LogP contribution in [0.25, 0.3) is 11.6 Å². The minimum absolute atomic E-state index is 0.0673. The van der Waals surface area contributed by atoms with Crippen molar-refractivity contribution in [3.05, 3.63) is 48.2 Å². The summed E-state index contributed by atoms with van der Waals surface area (Å²) < 4.78 is 34.5. The number of amides is 1. The average molecular weight is 392 g/mol. The topological polar surface area (TPSA) is 73.0 Å². The second-order valence-corrected chi connectivity index (χ2v) is 7.16. The number of anilines is 1. The molecule has 27 heavy (non-hydrogen) atoms. The van der Waals surface area contributed by atoms with E-state index in [1.165, 1.54) is 6.07 Å². The van der Waals surface area contributed by atoms with Gasteiger partial charge in [0, 0.05) is 6.54 Å². The summed E-state index contributed by atoms with van der Waals surface area (Å²) in [5.74, 6) is -0.794. The van der Waals surface area contributed by atoms with Crippen LogP contribution in [0.5, 0.6) is 0 Å². The lowest BCUT2D eigenvalue weighted by Crippen LogP contribution is -2.17. The highest BCUT2D eigenvalue weighted by Crippen LogP contribution is 2.26. The van der Waals surface area contributed by atoms with Crippen LogP contribution in [0.4, 0.5) is 14.5 Å². The third-order valence-corrected chi connectivity index (χ3v) is 4.53. The number of hydrogen-bond donors (Lipinski definition) is 1. The fourth-order valence-electron chi connectivity index (χ4n) is 2.44. The monoisotopic (exact) mass is 392 g/mol. The molecule has 3 rings (SSSR count). The molecule has 1 amide bonds. The van der Waals surface area contributed by atoms with E-state index in [1.54, 1.807) is 18.4 Å². The standard InChI is InChI=1S/C18H18F2N4O2S/c1-11(2)9-24-17(14-7-4-8-26-14)22-23-18(24)27-10-15(25)21-16-12(19)5-3-6-13(16)20/h3-8,11H,9-10H2,1-2H3,(H,21,25). The van der Waals surface area contributed by atoms with Gasteiger partial charge in [-0.05, 0) is 30.2 Å². The van der Waals surface area contributed by atoms with Crippen molar-refractivity contribution in [2.24, 2.45) is 5.92 Å². The summed E-state index contributed by atoms with van der Waals surface area (Å²) in [7, 11) is 0. The van der Waals surface area contributed by atoms with E-state index in [1.807, 2.05) is 18.4 Å². The summed E-state index contributed by atoms with van der Waals surface area (Å²) in [6, 6.07) is 6.94. The number of thioether (sulfide) groups is 1. The van der Waals surface area contributed by atoms with Crippen LogP contribution in [0.2, 0.25) is 0 Å². The predicted molar refractivity (Wildman–Crippen MR) is 98.3 cm³/mol. The van der Waals surface area contributed by atoms with E-state index < -0.39 is 23.2 Å².